The Morgan fingerprint density at radius 3 is 3.21 bits per heavy atom. The fourth-order valence-corrected chi connectivity index (χ4v) is 4.03. The molecule has 2 aliphatic heterocycles. The number of fused-ring (bicyclic) bond motifs is 1. The Bertz CT molecular complexity index is 631. The van der Waals surface area contributed by atoms with Gasteiger partial charge in [-0.05, 0) is 37.5 Å². The van der Waals surface area contributed by atoms with Gasteiger partial charge in [-0.3, -0.25) is 9.88 Å². The molecule has 128 valence electrons. The van der Waals surface area contributed by atoms with Crippen molar-refractivity contribution in [1.82, 2.24) is 9.88 Å². The predicted octanol–water partition coefficient (Wildman–Crippen LogP) is 3.12. The molecular formula is C19H24N2O3. The molecule has 2 aromatic heterocycles. The zero-order chi connectivity index (χ0) is 16.2. The van der Waals surface area contributed by atoms with E-state index < -0.39 is 0 Å². The molecule has 0 saturated carbocycles. The molecule has 2 aliphatic rings. The number of piperidine rings is 1. The van der Waals surface area contributed by atoms with Crippen LogP contribution in [0, 0.1) is 5.41 Å². The highest BCUT2D eigenvalue weighted by Crippen LogP contribution is 2.41. The van der Waals surface area contributed by atoms with Gasteiger partial charge in [0.1, 0.15) is 5.75 Å². The van der Waals surface area contributed by atoms with Crippen LogP contribution in [0.5, 0.6) is 5.75 Å². The molecule has 2 atom stereocenters. The van der Waals surface area contributed by atoms with Crippen molar-refractivity contribution in [3.63, 3.8) is 0 Å². The molecule has 2 aromatic rings. The van der Waals surface area contributed by atoms with Crippen molar-refractivity contribution in [1.29, 1.82) is 0 Å². The van der Waals surface area contributed by atoms with Crippen molar-refractivity contribution in [3.8, 4) is 5.75 Å². The van der Waals surface area contributed by atoms with Crippen LogP contribution in [-0.2, 0) is 11.3 Å². The number of aromatic nitrogens is 1. The third-order valence-corrected chi connectivity index (χ3v) is 5.21. The number of hydrogen-bond acceptors (Lipinski definition) is 5. The third-order valence-electron chi connectivity index (χ3n) is 5.21. The first-order valence-corrected chi connectivity index (χ1v) is 8.72. The average molecular weight is 328 g/mol. The molecular weight excluding hydrogens is 304 g/mol. The lowest BCUT2D eigenvalue weighted by atomic mass is 9.73. The predicted molar refractivity (Wildman–Crippen MR) is 89.7 cm³/mol. The summed E-state index contributed by atoms with van der Waals surface area (Å²) >= 11 is 0. The smallest absolute Gasteiger partial charge is 0.137 e. The summed E-state index contributed by atoms with van der Waals surface area (Å²) < 4.78 is 17.4. The van der Waals surface area contributed by atoms with Gasteiger partial charge in [-0.2, -0.15) is 0 Å². The summed E-state index contributed by atoms with van der Waals surface area (Å²) in [4.78, 5) is 6.64. The average Bonchev–Trinajstić information content (AvgIpc) is 3.14. The van der Waals surface area contributed by atoms with Gasteiger partial charge in [-0.25, -0.2) is 0 Å². The van der Waals surface area contributed by atoms with Crippen LogP contribution < -0.4 is 4.74 Å². The second-order valence-electron chi connectivity index (χ2n) is 6.93. The van der Waals surface area contributed by atoms with E-state index in [1.54, 1.807) is 18.7 Å². The van der Waals surface area contributed by atoms with Gasteiger partial charge in [0.15, 0.2) is 0 Å². The molecule has 0 bridgehead atoms. The molecule has 0 radical (unpaired) electrons. The number of nitrogens with zero attached hydrogens (tertiary/aromatic N) is 2. The SMILES string of the molecule is c1cncc(OC[C@@]23CCCO[C@H]2CCN(Cc2ccoc2)C3)c1. The fourth-order valence-electron chi connectivity index (χ4n) is 4.03. The lowest BCUT2D eigenvalue weighted by molar-refractivity contribution is -0.140. The van der Waals surface area contributed by atoms with E-state index in [4.69, 9.17) is 13.9 Å². The van der Waals surface area contributed by atoms with Crippen LogP contribution in [0.3, 0.4) is 0 Å². The molecule has 0 amide bonds. The Hall–Kier alpha value is -1.85. The molecule has 0 unspecified atom stereocenters. The summed E-state index contributed by atoms with van der Waals surface area (Å²) in [6.07, 6.45) is 10.7. The van der Waals surface area contributed by atoms with E-state index in [0.29, 0.717) is 12.7 Å². The first-order chi connectivity index (χ1) is 11.8. The van der Waals surface area contributed by atoms with Gasteiger partial charge in [0.2, 0.25) is 0 Å². The summed E-state index contributed by atoms with van der Waals surface area (Å²) in [7, 11) is 0. The number of furan rings is 1. The number of likely N-dealkylation sites (tertiary alicyclic amines) is 1. The van der Waals surface area contributed by atoms with Gasteiger partial charge in [0.25, 0.3) is 0 Å². The summed E-state index contributed by atoms with van der Waals surface area (Å²) in [6, 6.07) is 5.92. The molecule has 0 spiro atoms. The molecule has 2 fully saturated rings. The van der Waals surface area contributed by atoms with Gasteiger partial charge < -0.3 is 13.9 Å². The third kappa shape index (κ3) is 3.32. The second kappa shape index (κ2) is 6.95. The van der Waals surface area contributed by atoms with Crippen molar-refractivity contribution in [3.05, 3.63) is 48.7 Å². The Morgan fingerprint density at radius 1 is 1.38 bits per heavy atom. The summed E-state index contributed by atoms with van der Waals surface area (Å²) in [6.45, 7) is 4.55. The Balaban J connectivity index is 1.47. The van der Waals surface area contributed by atoms with E-state index in [0.717, 1.165) is 51.3 Å². The summed E-state index contributed by atoms with van der Waals surface area (Å²) in [5.41, 5.74) is 1.30. The highest BCUT2D eigenvalue weighted by molar-refractivity contribution is 5.16. The van der Waals surface area contributed by atoms with Gasteiger partial charge in [-0.15, -0.1) is 0 Å². The van der Waals surface area contributed by atoms with Gasteiger partial charge in [0, 0.05) is 43.4 Å². The normalized spacial score (nSPS) is 27.6. The van der Waals surface area contributed by atoms with Gasteiger partial charge >= 0.3 is 0 Å². The molecule has 5 nitrogen and oxygen atoms in total. The molecule has 0 aromatic carbocycles. The number of rotatable bonds is 5. The maximum absolute atomic E-state index is 6.12. The molecule has 0 N–H and O–H groups in total. The van der Waals surface area contributed by atoms with Crippen LogP contribution in [0.25, 0.3) is 0 Å². The number of pyridine rings is 1. The Labute approximate surface area is 142 Å². The summed E-state index contributed by atoms with van der Waals surface area (Å²) in [5.74, 6) is 0.836. The van der Waals surface area contributed by atoms with Gasteiger partial charge in [-0.1, -0.05) is 0 Å². The zero-order valence-corrected chi connectivity index (χ0v) is 13.9. The first kappa shape index (κ1) is 15.7. The highest BCUT2D eigenvalue weighted by Gasteiger charge is 2.46. The second-order valence-corrected chi connectivity index (χ2v) is 6.93. The molecule has 4 heterocycles. The van der Waals surface area contributed by atoms with Crippen LogP contribution >= 0.6 is 0 Å². The van der Waals surface area contributed by atoms with E-state index in [2.05, 4.69) is 9.88 Å². The van der Waals surface area contributed by atoms with Crippen LogP contribution in [-0.4, -0.2) is 42.3 Å². The van der Waals surface area contributed by atoms with Gasteiger partial charge in [0.05, 0.1) is 31.4 Å². The van der Waals surface area contributed by atoms with Crippen molar-refractivity contribution in [2.75, 3.05) is 26.3 Å². The van der Waals surface area contributed by atoms with Crippen molar-refractivity contribution in [2.45, 2.75) is 31.9 Å². The molecule has 5 heteroatoms. The quantitative estimate of drug-likeness (QED) is 0.844. The maximum atomic E-state index is 6.12. The van der Waals surface area contributed by atoms with Crippen molar-refractivity contribution >= 4 is 0 Å². The Morgan fingerprint density at radius 2 is 2.38 bits per heavy atom. The first-order valence-electron chi connectivity index (χ1n) is 8.72. The molecule has 0 aliphatic carbocycles. The lowest BCUT2D eigenvalue weighted by Gasteiger charge is -2.50. The lowest BCUT2D eigenvalue weighted by Crippen LogP contribution is -2.57. The van der Waals surface area contributed by atoms with Crippen LogP contribution in [0.4, 0.5) is 0 Å². The minimum atomic E-state index is 0.0656. The number of hydrogen-bond donors (Lipinski definition) is 0. The molecule has 4 rings (SSSR count). The number of ether oxygens (including phenoxy) is 2. The van der Waals surface area contributed by atoms with E-state index in [1.165, 1.54) is 5.56 Å². The highest BCUT2D eigenvalue weighted by atomic mass is 16.5. The van der Waals surface area contributed by atoms with E-state index in [-0.39, 0.29) is 5.41 Å². The Kier molecular flexibility index (Phi) is 4.54. The van der Waals surface area contributed by atoms with Crippen LogP contribution in [0.15, 0.2) is 47.5 Å². The summed E-state index contributed by atoms with van der Waals surface area (Å²) in [5, 5.41) is 0. The molecule has 2 saturated heterocycles. The minimum absolute atomic E-state index is 0.0656. The van der Waals surface area contributed by atoms with E-state index >= 15 is 0 Å². The van der Waals surface area contributed by atoms with E-state index in [1.807, 2.05) is 24.5 Å². The minimum Gasteiger partial charge on any atom is -0.491 e. The zero-order valence-electron chi connectivity index (χ0n) is 13.9. The fraction of sp³-hybridized carbons (Fsp3) is 0.526. The van der Waals surface area contributed by atoms with Crippen molar-refractivity contribution in [2.24, 2.45) is 5.41 Å². The topological polar surface area (TPSA) is 47.7 Å². The van der Waals surface area contributed by atoms with Crippen LogP contribution in [0.1, 0.15) is 24.8 Å². The monoisotopic (exact) mass is 328 g/mol. The molecule has 24 heavy (non-hydrogen) atoms. The largest absolute Gasteiger partial charge is 0.491 e. The van der Waals surface area contributed by atoms with Crippen LogP contribution in [0.2, 0.25) is 0 Å². The standard InChI is InChI=1S/C19H24N2O3/c1-3-17(11-20-7-1)24-15-19-6-2-9-23-18(19)4-8-21(14-19)12-16-5-10-22-13-16/h1,3,5,7,10-11,13,18H,2,4,6,8-9,12,14-15H2/t18-,19-/m0/s1. The van der Waals surface area contributed by atoms with E-state index in [9.17, 15) is 0 Å². The van der Waals surface area contributed by atoms with Crippen molar-refractivity contribution < 1.29 is 13.9 Å². The maximum Gasteiger partial charge on any atom is 0.137 e.